The normalized spacial score (nSPS) is 15.9. The first-order valence-electron chi connectivity index (χ1n) is 9.52. The van der Waals surface area contributed by atoms with Gasteiger partial charge in [0.2, 0.25) is 9.84 Å². The first-order valence-corrected chi connectivity index (χ1v) is 11.0. The van der Waals surface area contributed by atoms with Crippen LogP contribution in [0.3, 0.4) is 0 Å². The fourth-order valence-corrected chi connectivity index (χ4v) is 5.19. The fourth-order valence-electron chi connectivity index (χ4n) is 3.75. The van der Waals surface area contributed by atoms with E-state index in [1.165, 1.54) is 12.3 Å². The van der Waals surface area contributed by atoms with E-state index in [2.05, 4.69) is 16.8 Å². The van der Waals surface area contributed by atoms with Gasteiger partial charge in [-0.1, -0.05) is 36.8 Å². The van der Waals surface area contributed by atoms with Gasteiger partial charge in [-0.15, -0.1) is 0 Å². The van der Waals surface area contributed by atoms with E-state index in [-0.39, 0.29) is 15.3 Å². The topological polar surface area (TPSA) is 50.3 Å². The summed E-state index contributed by atoms with van der Waals surface area (Å²) in [6, 6.07) is 11.5. The van der Waals surface area contributed by atoms with E-state index in [1.807, 2.05) is 6.92 Å². The van der Waals surface area contributed by atoms with E-state index in [0.717, 1.165) is 31.5 Å². The van der Waals surface area contributed by atoms with Crippen molar-refractivity contribution in [3.8, 4) is 0 Å². The lowest BCUT2D eigenvalue weighted by molar-refractivity contribution is 0.437. The number of sulfone groups is 1. The van der Waals surface area contributed by atoms with Crippen LogP contribution in [0.25, 0.3) is 10.9 Å². The Morgan fingerprint density at radius 1 is 1.07 bits per heavy atom. The van der Waals surface area contributed by atoms with Gasteiger partial charge in [0.05, 0.1) is 10.6 Å². The third-order valence-electron chi connectivity index (χ3n) is 5.51. The van der Waals surface area contributed by atoms with Crippen molar-refractivity contribution in [3.05, 3.63) is 60.0 Å². The second-order valence-corrected chi connectivity index (χ2v) is 9.51. The number of anilines is 1. The lowest BCUT2D eigenvalue weighted by Gasteiger charge is -2.34. The van der Waals surface area contributed by atoms with E-state index in [4.69, 9.17) is 0 Å². The number of hydrogen-bond donors (Lipinski definition) is 0. The summed E-state index contributed by atoms with van der Waals surface area (Å²) in [6.07, 6.45) is 3.26. The number of hydrogen-bond acceptors (Lipinski definition) is 4. The number of piperidine rings is 1. The number of para-hydroxylation sites is 1. The Bertz CT molecular complexity index is 1120. The first-order chi connectivity index (χ1) is 13.4. The molecule has 146 valence electrons. The van der Waals surface area contributed by atoms with Crippen molar-refractivity contribution in [2.75, 3.05) is 18.0 Å². The van der Waals surface area contributed by atoms with Crippen molar-refractivity contribution in [3.63, 3.8) is 0 Å². The molecule has 2 aromatic carbocycles. The summed E-state index contributed by atoms with van der Waals surface area (Å²) in [7, 11) is -3.78. The molecule has 4 nitrogen and oxygen atoms in total. The Kier molecular flexibility index (Phi) is 4.83. The van der Waals surface area contributed by atoms with Gasteiger partial charge in [0, 0.05) is 24.7 Å². The van der Waals surface area contributed by atoms with Crippen molar-refractivity contribution < 1.29 is 12.8 Å². The summed E-state index contributed by atoms with van der Waals surface area (Å²) < 4.78 is 41.2. The molecule has 1 aromatic heterocycles. The third kappa shape index (κ3) is 3.26. The summed E-state index contributed by atoms with van der Waals surface area (Å²) >= 11 is 0. The molecule has 1 fully saturated rings. The quantitative estimate of drug-likeness (QED) is 0.639. The minimum Gasteiger partial charge on any atom is -0.370 e. The Labute approximate surface area is 164 Å². The molecular formula is C22H23FN2O2S. The molecule has 28 heavy (non-hydrogen) atoms. The average molecular weight is 399 g/mol. The van der Waals surface area contributed by atoms with Crippen LogP contribution in [-0.4, -0.2) is 26.5 Å². The van der Waals surface area contributed by atoms with Gasteiger partial charge in [-0.3, -0.25) is 4.98 Å². The standard InChI is InChI=1S/C22H23FN2O2S/c1-15-6-8-17(9-7-15)28(26,27)20-14-24-21-18(4-3-5-19(21)23)22(20)25-12-10-16(2)11-13-25/h3-9,14,16H,10-13H2,1-2H3. The van der Waals surface area contributed by atoms with Crippen molar-refractivity contribution in [1.82, 2.24) is 4.98 Å². The van der Waals surface area contributed by atoms with Crippen LogP contribution in [0.1, 0.15) is 25.3 Å². The number of aryl methyl sites for hydroxylation is 1. The summed E-state index contributed by atoms with van der Waals surface area (Å²) in [5, 5.41) is 0.544. The molecule has 0 N–H and O–H groups in total. The molecule has 0 saturated carbocycles. The van der Waals surface area contributed by atoms with Crippen molar-refractivity contribution in [2.45, 2.75) is 36.5 Å². The minimum atomic E-state index is -3.78. The predicted octanol–water partition coefficient (Wildman–Crippen LogP) is 4.75. The molecule has 6 heteroatoms. The van der Waals surface area contributed by atoms with Gasteiger partial charge in [0.15, 0.2) is 0 Å². The Morgan fingerprint density at radius 2 is 1.75 bits per heavy atom. The van der Waals surface area contributed by atoms with Crippen molar-refractivity contribution in [2.24, 2.45) is 5.92 Å². The first kappa shape index (κ1) is 18.9. The van der Waals surface area contributed by atoms with E-state index >= 15 is 0 Å². The van der Waals surface area contributed by atoms with E-state index in [1.54, 1.807) is 36.4 Å². The van der Waals surface area contributed by atoms with Crippen LogP contribution >= 0.6 is 0 Å². The van der Waals surface area contributed by atoms with Crippen LogP contribution in [0.15, 0.2) is 58.5 Å². The highest BCUT2D eigenvalue weighted by molar-refractivity contribution is 7.91. The van der Waals surface area contributed by atoms with Crippen LogP contribution in [0.4, 0.5) is 10.1 Å². The zero-order chi connectivity index (χ0) is 19.9. The largest absolute Gasteiger partial charge is 0.370 e. The average Bonchev–Trinajstić information content (AvgIpc) is 2.68. The van der Waals surface area contributed by atoms with Crippen LogP contribution in [-0.2, 0) is 9.84 Å². The highest BCUT2D eigenvalue weighted by Gasteiger charge is 2.29. The van der Waals surface area contributed by atoms with Gasteiger partial charge in [-0.25, -0.2) is 12.8 Å². The van der Waals surface area contributed by atoms with Crippen LogP contribution in [0.2, 0.25) is 0 Å². The molecule has 2 heterocycles. The molecule has 1 aliphatic rings. The van der Waals surface area contributed by atoms with E-state index in [0.29, 0.717) is 17.0 Å². The van der Waals surface area contributed by atoms with Gasteiger partial charge in [-0.05, 0) is 43.9 Å². The van der Waals surface area contributed by atoms with E-state index in [9.17, 15) is 12.8 Å². The van der Waals surface area contributed by atoms with Crippen molar-refractivity contribution in [1.29, 1.82) is 0 Å². The molecule has 0 aliphatic carbocycles. The number of pyridine rings is 1. The number of aromatic nitrogens is 1. The molecule has 0 radical (unpaired) electrons. The van der Waals surface area contributed by atoms with Gasteiger partial charge in [0.1, 0.15) is 16.2 Å². The number of nitrogens with zero attached hydrogens (tertiary/aromatic N) is 2. The number of benzene rings is 2. The maximum Gasteiger partial charge on any atom is 0.210 e. The highest BCUT2D eigenvalue weighted by Crippen LogP contribution is 2.38. The molecule has 3 aromatic rings. The summed E-state index contributed by atoms with van der Waals surface area (Å²) in [6.45, 7) is 5.60. The van der Waals surface area contributed by atoms with Gasteiger partial charge in [-0.2, -0.15) is 0 Å². The predicted molar refractivity (Wildman–Crippen MR) is 109 cm³/mol. The lowest BCUT2D eigenvalue weighted by atomic mass is 9.98. The molecule has 4 rings (SSSR count). The fraction of sp³-hybridized carbons (Fsp3) is 0.318. The van der Waals surface area contributed by atoms with E-state index < -0.39 is 15.7 Å². The summed E-state index contributed by atoms with van der Waals surface area (Å²) in [5.74, 6) is 0.154. The second-order valence-electron chi connectivity index (χ2n) is 7.59. The van der Waals surface area contributed by atoms with Crippen LogP contribution in [0, 0.1) is 18.7 Å². The maximum atomic E-state index is 14.4. The SMILES string of the molecule is Cc1ccc(S(=O)(=O)c2cnc3c(F)cccc3c2N2CCC(C)CC2)cc1. The zero-order valence-corrected chi connectivity index (χ0v) is 16.8. The molecular weight excluding hydrogens is 375 g/mol. The van der Waals surface area contributed by atoms with Gasteiger partial charge >= 0.3 is 0 Å². The third-order valence-corrected chi connectivity index (χ3v) is 7.28. The number of rotatable bonds is 3. The maximum absolute atomic E-state index is 14.4. The molecule has 1 saturated heterocycles. The Balaban J connectivity index is 1.95. The van der Waals surface area contributed by atoms with Crippen molar-refractivity contribution >= 4 is 26.4 Å². The zero-order valence-electron chi connectivity index (χ0n) is 16.0. The molecule has 0 unspecified atom stereocenters. The number of fused-ring (bicyclic) bond motifs is 1. The summed E-state index contributed by atoms with van der Waals surface area (Å²) in [5.41, 5.74) is 1.76. The number of halogens is 1. The second kappa shape index (κ2) is 7.17. The molecule has 1 aliphatic heterocycles. The molecule has 0 spiro atoms. The Morgan fingerprint density at radius 3 is 2.43 bits per heavy atom. The lowest BCUT2D eigenvalue weighted by Crippen LogP contribution is -2.34. The van der Waals surface area contributed by atoms with Gasteiger partial charge < -0.3 is 4.90 Å². The highest BCUT2D eigenvalue weighted by atomic mass is 32.2. The monoisotopic (exact) mass is 398 g/mol. The molecule has 0 atom stereocenters. The molecule has 0 bridgehead atoms. The molecule has 0 amide bonds. The van der Waals surface area contributed by atoms with Gasteiger partial charge in [0.25, 0.3) is 0 Å². The van der Waals surface area contributed by atoms with Crippen LogP contribution < -0.4 is 4.90 Å². The van der Waals surface area contributed by atoms with Crippen LogP contribution in [0.5, 0.6) is 0 Å². The summed E-state index contributed by atoms with van der Waals surface area (Å²) in [4.78, 5) is 6.62. The smallest absolute Gasteiger partial charge is 0.210 e. The Hall–Kier alpha value is -2.47. The minimum absolute atomic E-state index is 0.143.